The molecule has 0 aromatic heterocycles. The Kier molecular flexibility index (Phi) is 66.9. The molecule has 1 heteroatoms. The van der Waals surface area contributed by atoms with Gasteiger partial charge in [-0.15, -0.1) is 0 Å². The Labute approximate surface area is 434 Å². The Morgan fingerprint density at radius 2 is 0.221 bits per heavy atom. The molecule has 68 heavy (non-hydrogen) atoms. The van der Waals surface area contributed by atoms with Crippen molar-refractivity contribution in [3.63, 3.8) is 0 Å². The Bertz CT molecular complexity index is 739. The minimum atomic E-state index is 0.944. The molecule has 0 rings (SSSR count). The molecule has 0 saturated carbocycles. The molecule has 0 N–H and O–H groups in total. The first-order valence-electron chi connectivity index (χ1n) is 33.4. The molecule has 0 atom stereocenters. The normalized spacial score (nSPS) is 11.7. The van der Waals surface area contributed by atoms with Gasteiger partial charge in [0.05, 0.1) is 0 Å². The highest BCUT2D eigenvalue weighted by atomic mass is 16.5. The minimum absolute atomic E-state index is 0.944. The molecule has 0 aliphatic heterocycles. The van der Waals surface area contributed by atoms with E-state index in [-0.39, 0.29) is 0 Å². The van der Waals surface area contributed by atoms with E-state index in [1.165, 1.54) is 411 Å². The zero-order chi connectivity index (χ0) is 48.7. The van der Waals surface area contributed by atoms with Gasteiger partial charge in [0.1, 0.15) is 0 Å². The molecule has 1 nitrogen and oxygen atoms in total. The summed E-state index contributed by atoms with van der Waals surface area (Å²) >= 11 is 0. The first kappa shape index (κ1) is 68.0. The molecule has 0 heterocycles. The monoisotopic (exact) mass is 957 g/mol. The van der Waals surface area contributed by atoms with Gasteiger partial charge >= 0.3 is 0 Å². The second-order valence-corrected chi connectivity index (χ2v) is 23.3. The summed E-state index contributed by atoms with van der Waals surface area (Å²) < 4.78 is 5.14. The maximum absolute atomic E-state index is 5.14. The van der Waals surface area contributed by atoms with Crippen LogP contribution >= 0.6 is 0 Å². The molecule has 0 aliphatic rings. The summed E-state index contributed by atoms with van der Waals surface area (Å²) in [6.45, 7) is 3.26. The van der Waals surface area contributed by atoms with E-state index in [1.807, 2.05) is 7.11 Å². The molecule has 0 spiro atoms. The van der Waals surface area contributed by atoms with Crippen LogP contribution in [0.3, 0.4) is 0 Å². The van der Waals surface area contributed by atoms with Crippen LogP contribution in [0, 0.1) is 0 Å². The molecule has 0 saturated heterocycles. The van der Waals surface area contributed by atoms with Crippen molar-refractivity contribution >= 4 is 0 Å². The lowest BCUT2D eigenvalue weighted by atomic mass is 10.0. The number of rotatable bonds is 65. The van der Waals surface area contributed by atoms with Gasteiger partial charge in [-0.2, -0.15) is 0 Å². The minimum Gasteiger partial charge on any atom is -0.385 e. The van der Waals surface area contributed by atoms with Crippen LogP contribution in [-0.2, 0) is 4.74 Å². The number of hydrogen-bond acceptors (Lipinski definition) is 1. The van der Waals surface area contributed by atoms with E-state index in [0.29, 0.717) is 0 Å². The van der Waals surface area contributed by atoms with Gasteiger partial charge in [-0.3, -0.25) is 0 Å². The van der Waals surface area contributed by atoms with E-state index in [2.05, 4.69) is 6.92 Å². The van der Waals surface area contributed by atoms with E-state index in [0.717, 1.165) is 6.61 Å². The summed E-state index contributed by atoms with van der Waals surface area (Å²) in [4.78, 5) is 0. The molecular weight excluding hydrogens is 821 g/mol. The molecule has 0 bridgehead atoms. The Morgan fingerprint density at radius 3 is 0.309 bits per heavy atom. The fourth-order valence-electron chi connectivity index (χ4n) is 11.3. The van der Waals surface area contributed by atoms with E-state index in [4.69, 9.17) is 4.74 Å². The summed E-state index contributed by atoms with van der Waals surface area (Å²) in [5.74, 6) is 0. The van der Waals surface area contributed by atoms with Crippen molar-refractivity contribution in [3.8, 4) is 0 Å². The zero-order valence-corrected chi connectivity index (χ0v) is 48.4. The lowest BCUT2D eigenvalue weighted by Crippen LogP contribution is -1.88. The van der Waals surface area contributed by atoms with Crippen molar-refractivity contribution in [2.24, 2.45) is 0 Å². The van der Waals surface area contributed by atoms with Crippen LogP contribution in [-0.4, -0.2) is 13.7 Å². The van der Waals surface area contributed by atoms with Crippen LogP contribution in [0.5, 0.6) is 0 Å². The predicted octanol–water partition coefficient (Wildman–Crippen LogP) is 25.6. The van der Waals surface area contributed by atoms with Gasteiger partial charge in [-0.25, -0.2) is 0 Å². The molecule has 0 aliphatic carbocycles. The SMILES string of the molecule is CCCCCCCCCCCCCCCCCCCCCCCCCCCCCCCCCCCCCCCCCCCCCCCCCCCCCCCCCCCCCCCCCCOC. The third kappa shape index (κ3) is 66.0. The second-order valence-electron chi connectivity index (χ2n) is 23.3. The topological polar surface area (TPSA) is 9.23 Å². The molecule has 0 aromatic rings. The Hall–Kier alpha value is -0.0400. The average Bonchev–Trinajstić information content (AvgIpc) is 3.35. The molecule has 0 amide bonds. The van der Waals surface area contributed by atoms with Gasteiger partial charge < -0.3 is 4.74 Å². The third-order valence-electron chi connectivity index (χ3n) is 16.2. The summed E-state index contributed by atoms with van der Waals surface area (Å²) in [7, 11) is 1.82. The standard InChI is InChI=1S/C67H136O/c1-3-4-5-6-7-8-9-10-11-12-13-14-15-16-17-18-19-20-21-22-23-24-25-26-27-28-29-30-31-32-33-34-35-36-37-38-39-40-41-42-43-44-45-46-47-48-49-50-51-52-53-54-55-56-57-58-59-60-61-62-63-64-65-66-67-68-2/h3-67H2,1-2H3. The van der Waals surface area contributed by atoms with Crippen LogP contribution in [0.4, 0.5) is 0 Å². The lowest BCUT2D eigenvalue weighted by molar-refractivity contribution is 0.192. The Balaban J connectivity index is 3.07. The molecule has 410 valence electrons. The molecule has 0 aromatic carbocycles. The largest absolute Gasteiger partial charge is 0.385 e. The van der Waals surface area contributed by atoms with Crippen molar-refractivity contribution < 1.29 is 4.74 Å². The lowest BCUT2D eigenvalue weighted by Gasteiger charge is -2.05. The number of unbranched alkanes of at least 4 members (excludes halogenated alkanes) is 63. The van der Waals surface area contributed by atoms with Gasteiger partial charge in [-0.1, -0.05) is 411 Å². The maximum Gasteiger partial charge on any atom is 0.0462 e. The van der Waals surface area contributed by atoms with Crippen LogP contribution in [0.1, 0.15) is 418 Å². The van der Waals surface area contributed by atoms with Crippen LogP contribution in [0.15, 0.2) is 0 Å². The number of hydrogen-bond donors (Lipinski definition) is 0. The molecular formula is C67H136O. The van der Waals surface area contributed by atoms with E-state index < -0.39 is 0 Å². The second kappa shape index (κ2) is 67.0. The fraction of sp³-hybridized carbons (Fsp3) is 1.00. The highest BCUT2D eigenvalue weighted by Crippen LogP contribution is 2.20. The molecule has 0 unspecified atom stereocenters. The first-order chi connectivity index (χ1) is 33.9. The predicted molar refractivity (Wildman–Crippen MR) is 313 cm³/mol. The van der Waals surface area contributed by atoms with Gasteiger partial charge in [-0.05, 0) is 6.42 Å². The summed E-state index contributed by atoms with van der Waals surface area (Å²) in [6.07, 6.45) is 94.8. The van der Waals surface area contributed by atoms with Crippen molar-refractivity contribution in [1.82, 2.24) is 0 Å². The van der Waals surface area contributed by atoms with Crippen molar-refractivity contribution in [2.45, 2.75) is 418 Å². The highest BCUT2D eigenvalue weighted by Gasteiger charge is 2.00. The van der Waals surface area contributed by atoms with Crippen LogP contribution in [0.2, 0.25) is 0 Å². The summed E-state index contributed by atoms with van der Waals surface area (Å²) in [6, 6.07) is 0. The van der Waals surface area contributed by atoms with Crippen molar-refractivity contribution in [1.29, 1.82) is 0 Å². The summed E-state index contributed by atoms with van der Waals surface area (Å²) in [5, 5.41) is 0. The van der Waals surface area contributed by atoms with Gasteiger partial charge in [0.2, 0.25) is 0 Å². The molecule has 0 radical (unpaired) electrons. The third-order valence-corrected chi connectivity index (χ3v) is 16.2. The van der Waals surface area contributed by atoms with Gasteiger partial charge in [0.25, 0.3) is 0 Å². The first-order valence-corrected chi connectivity index (χ1v) is 33.4. The van der Waals surface area contributed by atoms with E-state index in [9.17, 15) is 0 Å². The molecule has 0 fully saturated rings. The summed E-state index contributed by atoms with van der Waals surface area (Å²) in [5.41, 5.74) is 0. The van der Waals surface area contributed by atoms with E-state index >= 15 is 0 Å². The number of ether oxygens (including phenoxy) is 1. The average molecular weight is 958 g/mol. The van der Waals surface area contributed by atoms with Crippen molar-refractivity contribution in [2.75, 3.05) is 13.7 Å². The van der Waals surface area contributed by atoms with Gasteiger partial charge in [0, 0.05) is 13.7 Å². The van der Waals surface area contributed by atoms with Crippen molar-refractivity contribution in [3.05, 3.63) is 0 Å². The maximum atomic E-state index is 5.14. The van der Waals surface area contributed by atoms with Gasteiger partial charge in [0.15, 0.2) is 0 Å². The van der Waals surface area contributed by atoms with Crippen LogP contribution in [0.25, 0.3) is 0 Å². The quantitative estimate of drug-likeness (QED) is 0.0552. The van der Waals surface area contributed by atoms with Crippen LogP contribution < -0.4 is 0 Å². The van der Waals surface area contributed by atoms with E-state index in [1.54, 1.807) is 0 Å². The zero-order valence-electron chi connectivity index (χ0n) is 48.4. The highest BCUT2D eigenvalue weighted by molar-refractivity contribution is 4.56. The fourth-order valence-corrected chi connectivity index (χ4v) is 11.3. The smallest absolute Gasteiger partial charge is 0.0462 e. The number of methoxy groups -OCH3 is 1. The Morgan fingerprint density at radius 1 is 0.132 bits per heavy atom.